The van der Waals surface area contributed by atoms with Crippen LogP contribution in [0.1, 0.15) is 35.7 Å². The second-order valence-electron chi connectivity index (χ2n) is 6.38. The molecule has 2 aromatic rings. The lowest BCUT2D eigenvalue weighted by Crippen LogP contribution is -2.45. The van der Waals surface area contributed by atoms with Crippen LogP contribution in [0, 0.1) is 0 Å². The van der Waals surface area contributed by atoms with Crippen LogP contribution in [-0.4, -0.2) is 35.1 Å². The number of pyridine rings is 1. The lowest BCUT2D eigenvalue weighted by atomic mass is 10.0. The SMILES string of the molecule is O=S(=O)(N1CCc2ccccc2C1)N1CCCC1c1ccccn1. The molecule has 1 unspecified atom stereocenters. The third-order valence-corrected chi connectivity index (χ3v) is 6.95. The molecule has 1 saturated heterocycles. The van der Waals surface area contributed by atoms with Crippen molar-refractivity contribution in [1.29, 1.82) is 0 Å². The van der Waals surface area contributed by atoms with E-state index in [0.717, 1.165) is 30.5 Å². The third-order valence-electron chi connectivity index (χ3n) is 4.95. The highest BCUT2D eigenvalue weighted by Gasteiger charge is 2.40. The van der Waals surface area contributed by atoms with Gasteiger partial charge in [-0.3, -0.25) is 4.98 Å². The first-order chi connectivity index (χ1) is 11.7. The molecule has 0 spiro atoms. The molecule has 2 aliphatic rings. The predicted molar refractivity (Wildman–Crippen MR) is 92.4 cm³/mol. The van der Waals surface area contributed by atoms with Gasteiger partial charge in [0, 0.05) is 25.8 Å². The van der Waals surface area contributed by atoms with Crippen molar-refractivity contribution >= 4 is 10.2 Å². The molecule has 5 nitrogen and oxygen atoms in total. The van der Waals surface area contributed by atoms with Gasteiger partial charge < -0.3 is 0 Å². The van der Waals surface area contributed by atoms with Gasteiger partial charge >= 0.3 is 0 Å². The average molecular weight is 343 g/mol. The summed E-state index contributed by atoms with van der Waals surface area (Å²) in [7, 11) is -3.48. The largest absolute Gasteiger partial charge is 0.282 e. The second kappa shape index (κ2) is 6.27. The van der Waals surface area contributed by atoms with E-state index in [0.29, 0.717) is 19.6 Å². The predicted octanol–water partition coefficient (Wildman–Crippen LogP) is 2.52. The number of hydrogen-bond donors (Lipinski definition) is 0. The maximum atomic E-state index is 13.2. The molecule has 0 bridgehead atoms. The van der Waals surface area contributed by atoms with E-state index < -0.39 is 10.2 Å². The number of fused-ring (bicyclic) bond motifs is 1. The van der Waals surface area contributed by atoms with E-state index in [1.54, 1.807) is 14.8 Å². The van der Waals surface area contributed by atoms with E-state index in [-0.39, 0.29) is 6.04 Å². The highest BCUT2D eigenvalue weighted by atomic mass is 32.2. The fourth-order valence-electron chi connectivity index (χ4n) is 3.70. The van der Waals surface area contributed by atoms with Gasteiger partial charge in [-0.15, -0.1) is 0 Å². The molecular formula is C18H21N3O2S. The molecule has 0 saturated carbocycles. The summed E-state index contributed by atoms with van der Waals surface area (Å²) in [5.74, 6) is 0. The van der Waals surface area contributed by atoms with Crippen molar-refractivity contribution in [3.05, 3.63) is 65.5 Å². The Kier molecular flexibility index (Phi) is 4.12. The lowest BCUT2D eigenvalue weighted by Gasteiger charge is -2.33. The molecule has 24 heavy (non-hydrogen) atoms. The summed E-state index contributed by atoms with van der Waals surface area (Å²) in [6, 6.07) is 13.7. The van der Waals surface area contributed by atoms with Gasteiger partial charge in [0.05, 0.1) is 11.7 Å². The van der Waals surface area contributed by atoms with Crippen molar-refractivity contribution < 1.29 is 8.42 Å². The smallest absolute Gasteiger partial charge is 0.260 e. The molecule has 3 heterocycles. The van der Waals surface area contributed by atoms with Gasteiger partial charge in [-0.1, -0.05) is 30.3 Å². The van der Waals surface area contributed by atoms with Crippen LogP contribution in [0.2, 0.25) is 0 Å². The van der Waals surface area contributed by atoms with Crippen molar-refractivity contribution in [3.63, 3.8) is 0 Å². The minimum absolute atomic E-state index is 0.145. The van der Waals surface area contributed by atoms with Crippen molar-refractivity contribution in [3.8, 4) is 0 Å². The zero-order chi connectivity index (χ0) is 16.6. The summed E-state index contributed by atoms with van der Waals surface area (Å²) in [4.78, 5) is 4.38. The molecule has 1 atom stereocenters. The minimum atomic E-state index is -3.48. The van der Waals surface area contributed by atoms with E-state index in [9.17, 15) is 8.42 Å². The van der Waals surface area contributed by atoms with Gasteiger partial charge in [0.15, 0.2) is 0 Å². The maximum Gasteiger partial charge on any atom is 0.282 e. The first-order valence-corrected chi connectivity index (χ1v) is 9.80. The summed E-state index contributed by atoms with van der Waals surface area (Å²) < 4.78 is 29.7. The topological polar surface area (TPSA) is 53.5 Å². The van der Waals surface area contributed by atoms with E-state index in [4.69, 9.17) is 0 Å². The molecular weight excluding hydrogens is 322 g/mol. The first-order valence-electron chi connectivity index (χ1n) is 8.41. The summed E-state index contributed by atoms with van der Waals surface area (Å²) in [5, 5.41) is 0. The van der Waals surface area contributed by atoms with E-state index >= 15 is 0 Å². The van der Waals surface area contributed by atoms with Crippen LogP contribution in [-0.2, 0) is 23.2 Å². The fourth-order valence-corrected chi connectivity index (χ4v) is 5.52. The lowest BCUT2D eigenvalue weighted by molar-refractivity contribution is 0.314. The van der Waals surface area contributed by atoms with Crippen LogP contribution in [0.5, 0.6) is 0 Å². The van der Waals surface area contributed by atoms with Gasteiger partial charge in [-0.05, 0) is 42.5 Å². The fraction of sp³-hybridized carbons (Fsp3) is 0.389. The van der Waals surface area contributed by atoms with Crippen LogP contribution in [0.4, 0.5) is 0 Å². The van der Waals surface area contributed by atoms with E-state index in [1.807, 2.05) is 36.4 Å². The Morgan fingerprint density at radius 1 is 1.00 bits per heavy atom. The third kappa shape index (κ3) is 2.75. The van der Waals surface area contributed by atoms with Crippen molar-refractivity contribution in [1.82, 2.24) is 13.6 Å². The van der Waals surface area contributed by atoms with Crippen LogP contribution in [0.25, 0.3) is 0 Å². The zero-order valence-corrected chi connectivity index (χ0v) is 14.3. The summed E-state index contributed by atoms with van der Waals surface area (Å²) in [6.45, 7) is 1.58. The number of benzene rings is 1. The van der Waals surface area contributed by atoms with Gasteiger partial charge in [-0.25, -0.2) is 0 Å². The number of rotatable bonds is 3. The normalized spacial score (nSPS) is 22.4. The maximum absolute atomic E-state index is 13.2. The van der Waals surface area contributed by atoms with Crippen LogP contribution in [0.15, 0.2) is 48.7 Å². The van der Waals surface area contributed by atoms with Crippen LogP contribution < -0.4 is 0 Å². The Balaban J connectivity index is 1.61. The monoisotopic (exact) mass is 343 g/mol. The molecule has 0 aliphatic carbocycles. The molecule has 0 N–H and O–H groups in total. The quantitative estimate of drug-likeness (QED) is 0.860. The second-order valence-corrected chi connectivity index (χ2v) is 8.26. The van der Waals surface area contributed by atoms with Crippen molar-refractivity contribution in [2.24, 2.45) is 0 Å². The van der Waals surface area contributed by atoms with Crippen molar-refractivity contribution in [2.45, 2.75) is 31.8 Å². The molecule has 4 rings (SSSR count). The molecule has 6 heteroatoms. The molecule has 2 aliphatic heterocycles. The molecule has 126 valence electrons. The van der Waals surface area contributed by atoms with E-state index in [1.165, 1.54) is 5.56 Å². The average Bonchev–Trinajstić information content (AvgIpc) is 3.13. The number of nitrogens with zero attached hydrogens (tertiary/aromatic N) is 3. The highest BCUT2D eigenvalue weighted by molar-refractivity contribution is 7.86. The first kappa shape index (κ1) is 15.7. The Bertz CT molecular complexity index is 823. The minimum Gasteiger partial charge on any atom is -0.260 e. The molecule has 0 amide bonds. The summed E-state index contributed by atoms with van der Waals surface area (Å²) >= 11 is 0. The Hall–Kier alpha value is -1.76. The number of aromatic nitrogens is 1. The van der Waals surface area contributed by atoms with Gasteiger partial charge in [0.1, 0.15) is 0 Å². The Labute approximate surface area is 143 Å². The molecule has 0 radical (unpaired) electrons. The molecule has 1 aromatic carbocycles. The van der Waals surface area contributed by atoms with Crippen molar-refractivity contribution in [2.75, 3.05) is 13.1 Å². The van der Waals surface area contributed by atoms with Crippen LogP contribution >= 0.6 is 0 Å². The zero-order valence-electron chi connectivity index (χ0n) is 13.5. The van der Waals surface area contributed by atoms with Crippen LogP contribution in [0.3, 0.4) is 0 Å². The summed E-state index contributed by atoms with van der Waals surface area (Å²) in [5.41, 5.74) is 3.21. The van der Waals surface area contributed by atoms with Gasteiger partial charge in [0.2, 0.25) is 0 Å². The van der Waals surface area contributed by atoms with Gasteiger partial charge in [-0.2, -0.15) is 17.0 Å². The number of hydrogen-bond acceptors (Lipinski definition) is 3. The molecule has 1 aromatic heterocycles. The van der Waals surface area contributed by atoms with E-state index in [2.05, 4.69) is 11.1 Å². The highest BCUT2D eigenvalue weighted by Crippen LogP contribution is 2.35. The Morgan fingerprint density at radius 3 is 2.58 bits per heavy atom. The van der Waals surface area contributed by atoms with Gasteiger partial charge in [0.25, 0.3) is 10.2 Å². The molecule has 1 fully saturated rings. The summed E-state index contributed by atoms with van der Waals surface area (Å²) in [6.07, 6.45) is 4.22. The standard InChI is InChI=1S/C18H21N3O2S/c22-24(23,20-13-10-15-6-1-2-7-16(15)14-20)21-12-5-9-18(21)17-8-3-4-11-19-17/h1-4,6-8,11,18H,5,9-10,12-14H2. The Morgan fingerprint density at radius 2 is 1.79 bits per heavy atom.